The summed E-state index contributed by atoms with van der Waals surface area (Å²) < 4.78 is 0. The van der Waals surface area contributed by atoms with E-state index in [0.29, 0.717) is 13.0 Å². The minimum Gasteiger partial charge on any atom is -0.355 e. The molecule has 0 bridgehead atoms. The van der Waals surface area contributed by atoms with E-state index in [4.69, 9.17) is 0 Å². The molecule has 0 saturated carbocycles. The second-order valence-electron chi connectivity index (χ2n) is 6.22. The van der Waals surface area contributed by atoms with Crippen molar-refractivity contribution in [3.8, 4) is 0 Å². The summed E-state index contributed by atoms with van der Waals surface area (Å²) in [4.78, 5) is 23.3. The number of rotatable bonds is 9. The van der Waals surface area contributed by atoms with Crippen molar-refractivity contribution in [3.63, 3.8) is 0 Å². The molecule has 0 aromatic carbocycles. The Balaban J connectivity index is 3.73. The van der Waals surface area contributed by atoms with Crippen LogP contribution >= 0.6 is 0 Å². The largest absolute Gasteiger partial charge is 0.355 e. The number of carbonyl (C=O) groups is 2. The molecule has 0 aromatic heterocycles. The van der Waals surface area contributed by atoms with E-state index in [-0.39, 0.29) is 23.4 Å². The molecule has 0 aliphatic heterocycles. The van der Waals surface area contributed by atoms with Gasteiger partial charge in [0.2, 0.25) is 11.8 Å². The standard InChI is InChI=1S/C15H31N3O2/c1-6-7-8-10-17-14(20)12(2)16-11-9-13(19)18-15(3,4)5/h12,16H,6-11H2,1-5H3,(H,17,20)(H,18,19). The molecule has 0 saturated heterocycles. The van der Waals surface area contributed by atoms with Gasteiger partial charge in [0.15, 0.2) is 0 Å². The van der Waals surface area contributed by atoms with Gasteiger partial charge in [-0.1, -0.05) is 19.8 Å². The molecule has 0 heterocycles. The summed E-state index contributed by atoms with van der Waals surface area (Å²) in [7, 11) is 0. The van der Waals surface area contributed by atoms with E-state index >= 15 is 0 Å². The van der Waals surface area contributed by atoms with Gasteiger partial charge in [0.05, 0.1) is 6.04 Å². The molecule has 5 heteroatoms. The molecule has 2 amide bonds. The van der Waals surface area contributed by atoms with Gasteiger partial charge in [-0.3, -0.25) is 9.59 Å². The van der Waals surface area contributed by atoms with Crippen LogP contribution in [0.4, 0.5) is 0 Å². The van der Waals surface area contributed by atoms with Crippen LogP contribution in [0.25, 0.3) is 0 Å². The van der Waals surface area contributed by atoms with Crippen molar-refractivity contribution in [2.24, 2.45) is 0 Å². The molecule has 0 spiro atoms. The molecule has 118 valence electrons. The van der Waals surface area contributed by atoms with E-state index in [9.17, 15) is 9.59 Å². The van der Waals surface area contributed by atoms with Gasteiger partial charge in [-0.25, -0.2) is 0 Å². The molecular weight excluding hydrogens is 254 g/mol. The van der Waals surface area contributed by atoms with Gasteiger partial charge in [-0.15, -0.1) is 0 Å². The fourth-order valence-electron chi connectivity index (χ4n) is 1.72. The van der Waals surface area contributed by atoms with Crippen molar-refractivity contribution < 1.29 is 9.59 Å². The van der Waals surface area contributed by atoms with Crippen LogP contribution < -0.4 is 16.0 Å². The average Bonchev–Trinajstić information content (AvgIpc) is 2.32. The van der Waals surface area contributed by atoms with Gasteiger partial charge in [0, 0.05) is 25.0 Å². The van der Waals surface area contributed by atoms with E-state index in [1.54, 1.807) is 0 Å². The normalized spacial score (nSPS) is 12.8. The summed E-state index contributed by atoms with van der Waals surface area (Å²) in [5.41, 5.74) is -0.209. The molecule has 0 radical (unpaired) electrons. The average molecular weight is 285 g/mol. The van der Waals surface area contributed by atoms with Gasteiger partial charge in [-0.05, 0) is 34.1 Å². The molecular formula is C15H31N3O2. The van der Waals surface area contributed by atoms with Gasteiger partial charge in [0.25, 0.3) is 0 Å². The highest BCUT2D eigenvalue weighted by Crippen LogP contribution is 1.98. The second kappa shape index (κ2) is 9.75. The lowest BCUT2D eigenvalue weighted by Crippen LogP contribution is -2.45. The van der Waals surface area contributed by atoms with Crippen LogP contribution in [-0.4, -0.2) is 36.5 Å². The van der Waals surface area contributed by atoms with E-state index in [2.05, 4.69) is 22.9 Å². The molecule has 1 unspecified atom stereocenters. The highest BCUT2D eigenvalue weighted by Gasteiger charge is 2.15. The molecule has 0 fully saturated rings. The molecule has 5 nitrogen and oxygen atoms in total. The van der Waals surface area contributed by atoms with E-state index in [1.165, 1.54) is 0 Å². The third-order valence-corrected chi connectivity index (χ3v) is 2.79. The van der Waals surface area contributed by atoms with Gasteiger partial charge in [-0.2, -0.15) is 0 Å². The monoisotopic (exact) mass is 285 g/mol. The lowest BCUT2D eigenvalue weighted by Gasteiger charge is -2.21. The molecule has 0 aromatic rings. The highest BCUT2D eigenvalue weighted by atomic mass is 16.2. The van der Waals surface area contributed by atoms with Crippen LogP contribution in [-0.2, 0) is 9.59 Å². The number of nitrogens with one attached hydrogen (secondary N) is 3. The molecule has 3 N–H and O–H groups in total. The Hall–Kier alpha value is -1.10. The Labute approximate surface area is 123 Å². The molecule has 1 atom stereocenters. The van der Waals surface area contributed by atoms with Crippen molar-refractivity contribution in [1.29, 1.82) is 0 Å². The van der Waals surface area contributed by atoms with Crippen molar-refractivity contribution in [2.75, 3.05) is 13.1 Å². The predicted octanol–water partition coefficient (Wildman–Crippen LogP) is 1.58. The zero-order chi connectivity index (χ0) is 15.6. The summed E-state index contributed by atoms with van der Waals surface area (Å²) in [5.74, 6) is -0.00196. The Morgan fingerprint density at radius 2 is 1.75 bits per heavy atom. The molecule has 0 aliphatic rings. The second-order valence-corrected chi connectivity index (χ2v) is 6.22. The van der Waals surface area contributed by atoms with Crippen molar-refractivity contribution in [3.05, 3.63) is 0 Å². The lowest BCUT2D eigenvalue weighted by atomic mass is 10.1. The summed E-state index contributed by atoms with van der Waals surface area (Å²) in [5, 5.41) is 8.85. The van der Waals surface area contributed by atoms with Gasteiger partial charge >= 0.3 is 0 Å². The maximum atomic E-state index is 11.7. The zero-order valence-electron chi connectivity index (χ0n) is 13.6. The Morgan fingerprint density at radius 1 is 1.10 bits per heavy atom. The van der Waals surface area contributed by atoms with E-state index in [1.807, 2.05) is 27.7 Å². The number of hydrogen-bond acceptors (Lipinski definition) is 3. The third kappa shape index (κ3) is 10.8. The lowest BCUT2D eigenvalue weighted by molar-refractivity contribution is -0.124. The molecule has 0 rings (SSSR count). The van der Waals surface area contributed by atoms with Crippen LogP contribution in [0.3, 0.4) is 0 Å². The first-order chi connectivity index (χ1) is 9.26. The Bertz CT molecular complexity index is 298. The summed E-state index contributed by atoms with van der Waals surface area (Å²) in [6.07, 6.45) is 3.68. The van der Waals surface area contributed by atoms with Crippen molar-refractivity contribution in [2.45, 2.75) is 71.9 Å². The minimum atomic E-state index is -0.265. The minimum absolute atomic E-state index is 0.000513. The highest BCUT2D eigenvalue weighted by molar-refractivity contribution is 5.81. The van der Waals surface area contributed by atoms with Crippen LogP contribution in [0.15, 0.2) is 0 Å². The van der Waals surface area contributed by atoms with Gasteiger partial charge in [0.1, 0.15) is 0 Å². The SMILES string of the molecule is CCCCCNC(=O)C(C)NCCC(=O)NC(C)(C)C. The quantitative estimate of drug-likeness (QED) is 0.563. The maximum absolute atomic E-state index is 11.7. The Morgan fingerprint density at radius 3 is 2.30 bits per heavy atom. The predicted molar refractivity (Wildman–Crippen MR) is 82.5 cm³/mol. The van der Waals surface area contributed by atoms with Crippen molar-refractivity contribution in [1.82, 2.24) is 16.0 Å². The smallest absolute Gasteiger partial charge is 0.236 e. The number of carbonyl (C=O) groups excluding carboxylic acids is 2. The first-order valence-corrected chi connectivity index (χ1v) is 7.58. The number of unbranched alkanes of at least 4 members (excludes halogenated alkanes) is 2. The van der Waals surface area contributed by atoms with Gasteiger partial charge < -0.3 is 16.0 Å². The van der Waals surface area contributed by atoms with Crippen molar-refractivity contribution >= 4 is 11.8 Å². The summed E-state index contributed by atoms with van der Waals surface area (Å²) in [6, 6.07) is -0.265. The third-order valence-electron chi connectivity index (χ3n) is 2.79. The summed E-state index contributed by atoms with van der Waals surface area (Å²) in [6.45, 7) is 11.0. The molecule has 20 heavy (non-hydrogen) atoms. The zero-order valence-corrected chi connectivity index (χ0v) is 13.6. The first kappa shape index (κ1) is 18.9. The number of hydrogen-bond donors (Lipinski definition) is 3. The fourth-order valence-corrected chi connectivity index (χ4v) is 1.72. The van der Waals surface area contributed by atoms with E-state index < -0.39 is 0 Å². The van der Waals surface area contributed by atoms with Crippen LogP contribution in [0.5, 0.6) is 0 Å². The van der Waals surface area contributed by atoms with E-state index in [0.717, 1.165) is 25.8 Å². The maximum Gasteiger partial charge on any atom is 0.236 e. The molecule has 0 aliphatic carbocycles. The van der Waals surface area contributed by atoms with Crippen LogP contribution in [0.2, 0.25) is 0 Å². The number of amides is 2. The summed E-state index contributed by atoms with van der Waals surface area (Å²) >= 11 is 0. The first-order valence-electron chi connectivity index (χ1n) is 7.58. The van der Waals surface area contributed by atoms with Crippen LogP contribution in [0.1, 0.15) is 60.3 Å². The van der Waals surface area contributed by atoms with Crippen LogP contribution in [0, 0.1) is 0 Å². The fraction of sp³-hybridized carbons (Fsp3) is 0.867. The topological polar surface area (TPSA) is 70.2 Å². The Kier molecular flexibility index (Phi) is 9.21.